The number of nitrogens with two attached hydrogens (primary N) is 1. The van der Waals surface area contributed by atoms with Crippen molar-refractivity contribution in [3.63, 3.8) is 0 Å². The Balaban J connectivity index is 1.94. The van der Waals surface area contributed by atoms with Crippen molar-refractivity contribution < 1.29 is 12.8 Å². The third-order valence-corrected chi connectivity index (χ3v) is 5.32. The van der Waals surface area contributed by atoms with Crippen molar-refractivity contribution in [2.24, 2.45) is 0 Å². The molecule has 3 rings (SSSR count). The number of nitrogens with zero attached hydrogens (tertiary/aromatic N) is 2. The average molecular weight is 346 g/mol. The molecule has 1 atom stereocenters. The van der Waals surface area contributed by atoms with Gasteiger partial charge >= 0.3 is 0 Å². The number of hydrogen-bond acceptors (Lipinski definition) is 5. The highest BCUT2D eigenvalue weighted by Crippen LogP contribution is 2.30. The molecule has 1 aliphatic rings. The molecule has 2 N–H and O–H groups in total. The lowest BCUT2D eigenvalue weighted by Crippen LogP contribution is -2.14. The van der Waals surface area contributed by atoms with Gasteiger partial charge in [-0.05, 0) is 34.5 Å². The van der Waals surface area contributed by atoms with Gasteiger partial charge in [-0.15, -0.1) is 0 Å². The molecular weight excluding hydrogens is 334 g/mol. The van der Waals surface area contributed by atoms with Gasteiger partial charge in [0.1, 0.15) is 11.5 Å². The van der Waals surface area contributed by atoms with E-state index < -0.39 is 9.84 Å². The van der Waals surface area contributed by atoms with E-state index in [9.17, 15) is 8.42 Å². The number of anilines is 1. The molecular formula is C11H12BrN3O3S. The summed E-state index contributed by atoms with van der Waals surface area (Å²) < 4.78 is 30.6. The zero-order valence-electron chi connectivity index (χ0n) is 9.91. The SMILES string of the molecule is Nc1cc(-c2ccc(Br)o2)nn1C1CCS(=O)(=O)C1. The normalized spacial score (nSPS) is 21.8. The highest BCUT2D eigenvalue weighted by atomic mass is 79.9. The van der Waals surface area contributed by atoms with E-state index >= 15 is 0 Å². The third kappa shape index (κ3) is 2.42. The maximum Gasteiger partial charge on any atom is 0.169 e. The molecule has 1 unspecified atom stereocenters. The van der Waals surface area contributed by atoms with Crippen molar-refractivity contribution in [3.05, 3.63) is 22.9 Å². The van der Waals surface area contributed by atoms with Crippen molar-refractivity contribution >= 4 is 31.6 Å². The van der Waals surface area contributed by atoms with Crippen LogP contribution in [0, 0.1) is 0 Å². The fourth-order valence-corrected chi connectivity index (χ4v) is 4.24. The number of sulfone groups is 1. The molecule has 0 aliphatic carbocycles. The van der Waals surface area contributed by atoms with Gasteiger partial charge in [0, 0.05) is 6.07 Å². The summed E-state index contributed by atoms with van der Waals surface area (Å²) in [6.07, 6.45) is 0.551. The lowest BCUT2D eigenvalue weighted by molar-refractivity contribution is 0.503. The van der Waals surface area contributed by atoms with Gasteiger partial charge in [-0.3, -0.25) is 0 Å². The Bertz CT molecular complexity index is 719. The molecule has 8 heteroatoms. The monoisotopic (exact) mass is 345 g/mol. The molecule has 19 heavy (non-hydrogen) atoms. The summed E-state index contributed by atoms with van der Waals surface area (Å²) in [4.78, 5) is 0. The highest BCUT2D eigenvalue weighted by Gasteiger charge is 2.31. The van der Waals surface area contributed by atoms with Gasteiger partial charge in [-0.1, -0.05) is 0 Å². The molecule has 3 heterocycles. The minimum Gasteiger partial charge on any atom is -0.448 e. The summed E-state index contributed by atoms with van der Waals surface area (Å²) in [6, 6.07) is 5.06. The Hall–Kier alpha value is -1.28. The van der Waals surface area contributed by atoms with Gasteiger partial charge in [0.05, 0.1) is 17.5 Å². The quantitative estimate of drug-likeness (QED) is 0.896. The summed E-state index contributed by atoms with van der Waals surface area (Å²) in [5.74, 6) is 1.33. The van der Waals surface area contributed by atoms with Crippen molar-refractivity contribution in [3.8, 4) is 11.5 Å². The molecule has 1 fully saturated rings. The largest absolute Gasteiger partial charge is 0.448 e. The average Bonchev–Trinajstić information content (AvgIpc) is 2.98. The molecule has 0 radical (unpaired) electrons. The number of halogens is 1. The third-order valence-electron chi connectivity index (χ3n) is 3.14. The molecule has 0 aromatic carbocycles. The lowest BCUT2D eigenvalue weighted by Gasteiger charge is -2.09. The van der Waals surface area contributed by atoms with E-state index in [-0.39, 0.29) is 17.5 Å². The molecule has 0 spiro atoms. The van der Waals surface area contributed by atoms with E-state index in [0.29, 0.717) is 28.4 Å². The highest BCUT2D eigenvalue weighted by molar-refractivity contribution is 9.10. The predicted molar refractivity (Wildman–Crippen MR) is 74.3 cm³/mol. The first-order chi connectivity index (χ1) is 8.94. The summed E-state index contributed by atoms with van der Waals surface area (Å²) in [6.45, 7) is 0. The maximum atomic E-state index is 11.5. The molecule has 6 nitrogen and oxygen atoms in total. The van der Waals surface area contributed by atoms with Crippen molar-refractivity contribution in [1.82, 2.24) is 9.78 Å². The molecule has 2 aromatic heterocycles. The number of rotatable bonds is 2. The number of nitrogen functional groups attached to an aromatic ring is 1. The fourth-order valence-electron chi connectivity index (χ4n) is 2.24. The Kier molecular flexibility index (Phi) is 2.94. The minimum atomic E-state index is -2.96. The summed E-state index contributed by atoms with van der Waals surface area (Å²) in [7, 11) is -2.96. The molecule has 102 valence electrons. The molecule has 2 aromatic rings. The second-order valence-corrected chi connectivity index (χ2v) is 7.57. The van der Waals surface area contributed by atoms with Crippen LogP contribution in [0.5, 0.6) is 0 Å². The summed E-state index contributed by atoms with van der Waals surface area (Å²) in [5.41, 5.74) is 6.51. The van der Waals surface area contributed by atoms with E-state index in [1.165, 1.54) is 0 Å². The second kappa shape index (κ2) is 4.38. The van der Waals surface area contributed by atoms with Gasteiger partial charge in [0.25, 0.3) is 0 Å². The Morgan fingerprint density at radius 2 is 2.26 bits per heavy atom. The topological polar surface area (TPSA) is 91.1 Å². The zero-order valence-corrected chi connectivity index (χ0v) is 12.3. The number of aromatic nitrogens is 2. The van der Waals surface area contributed by atoms with Crippen molar-refractivity contribution in [2.45, 2.75) is 12.5 Å². The van der Waals surface area contributed by atoms with Crippen LogP contribution in [0.3, 0.4) is 0 Å². The Morgan fingerprint density at radius 3 is 2.84 bits per heavy atom. The number of hydrogen-bond donors (Lipinski definition) is 1. The Labute approximate surface area is 118 Å². The fraction of sp³-hybridized carbons (Fsp3) is 0.364. The molecule has 1 saturated heterocycles. The van der Waals surface area contributed by atoms with Crippen LogP contribution in [-0.2, 0) is 9.84 Å². The molecule has 1 aliphatic heterocycles. The van der Waals surface area contributed by atoms with Gasteiger partial charge in [0.15, 0.2) is 20.3 Å². The van der Waals surface area contributed by atoms with E-state index in [1.807, 2.05) is 0 Å². The van der Waals surface area contributed by atoms with Crippen LogP contribution in [0.1, 0.15) is 12.5 Å². The van der Waals surface area contributed by atoms with Crippen LogP contribution in [0.15, 0.2) is 27.3 Å². The minimum absolute atomic E-state index is 0.0974. The van der Waals surface area contributed by atoms with Crippen LogP contribution in [-0.4, -0.2) is 29.7 Å². The first-order valence-corrected chi connectivity index (χ1v) is 8.37. The molecule has 0 bridgehead atoms. The van der Waals surface area contributed by atoms with Crippen LogP contribution >= 0.6 is 15.9 Å². The zero-order chi connectivity index (χ0) is 13.6. The molecule has 0 saturated carbocycles. The van der Waals surface area contributed by atoms with Gasteiger partial charge < -0.3 is 10.2 Å². The molecule has 0 amide bonds. The van der Waals surface area contributed by atoms with Crippen LogP contribution < -0.4 is 5.73 Å². The van der Waals surface area contributed by atoms with Crippen molar-refractivity contribution in [1.29, 1.82) is 0 Å². The Morgan fingerprint density at radius 1 is 1.47 bits per heavy atom. The first-order valence-electron chi connectivity index (χ1n) is 5.76. The number of furan rings is 1. The van der Waals surface area contributed by atoms with Gasteiger partial charge in [0.2, 0.25) is 0 Å². The van der Waals surface area contributed by atoms with E-state index in [2.05, 4.69) is 21.0 Å². The van der Waals surface area contributed by atoms with Crippen LogP contribution in [0.2, 0.25) is 0 Å². The second-order valence-electron chi connectivity index (χ2n) is 4.56. The predicted octanol–water partition coefficient (Wildman–Crippen LogP) is 1.85. The van der Waals surface area contributed by atoms with Crippen molar-refractivity contribution in [2.75, 3.05) is 17.2 Å². The van der Waals surface area contributed by atoms with Crippen LogP contribution in [0.4, 0.5) is 5.82 Å². The van der Waals surface area contributed by atoms with E-state index in [4.69, 9.17) is 10.2 Å². The van der Waals surface area contributed by atoms with E-state index in [0.717, 1.165) is 0 Å². The first kappa shape index (κ1) is 12.7. The summed E-state index contributed by atoms with van der Waals surface area (Å²) in [5, 5.41) is 4.35. The van der Waals surface area contributed by atoms with Gasteiger partial charge in [-0.2, -0.15) is 5.10 Å². The maximum absolute atomic E-state index is 11.5. The lowest BCUT2D eigenvalue weighted by atomic mass is 10.3. The smallest absolute Gasteiger partial charge is 0.169 e. The van der Waals surface area contributed by atoms with Crippen LogP contribution in [0.25, 0.3) is 11.5 Å². The standard InChI is InChI=1S/C11H12BrN3O3S/c12-10-2-1-9(18-10)8-5-11(13)15(14-8)7-3-4-19(16,17)6-7/h1-2,5,7H,3-4,6,13H2. The summed E-state index contributed by atoms with van der Waals surface area (Å²) >= 11 is 3.22. The van der Waals surface area contributed by atoms with E-state index in [1.54, 1.807) is 22.9 Å². The van der Waals surface area contributed by atoms with Gasteiger partial charge in [-0.25, -0.2) is 13.1 Å².